The SMILES string of the molecule is O=c1c(-c2cccc3c2[nH]c2ccccc23)cc(-c2ccccn2)cn1-c1ccccc1. The number of aromatic amines is 1. The van der Waals surface area contributed by atoms with Crippen molar-refractivity contribution in [3.8, 4) is 28.1 Å². The molecule has 1 N–H and O–H groups in total. The smallest absolute Gasteiger partial charge is 0.263 e. The predicted octanol–water partition coefficient (Wildman–Crippen LogP) is 6.20. The highest BCUT2D eigenvalue weighted by atomic mass is 16.1. The second kappa shape index (κ2) is 7.36. The number of benzene rings is 3. The number of pyridine rings is 2. The molecule has 0 spiro atoms. The summed E-state index contributed by atoms with van der Waals surface area (Å²) in [5.41, 5.74) is 5.99. The molecular weight excluding hydrogens is 394 g/mol. The van der Waals surface area contributed by atoms with Crippen molar-refractivity contribution in [3.63, 3.8) is 0 Å². The van der Waals surface area contributed by atoms with Gasteiger partial charge in [-0.1, -0.05) is 60.7 Å². The summed E-state index contributed by atoms with van der Waals surface area (Å²) in [5, 5.41) is 2.25. The van der Waals surface area contributed by atoms with Gasteiger partial charge in [0.15, 0.2) is 0 Å². The number of para-hydroxylation sites is 3. The van der Waals surface area contributed by atoms with Gasteiger partial charge < -0.3 is 4.98 Å². The van der Waals surface area contributed by atoms with Gasteiger partial charge in [-0.15, -0.1) is 0 Å². The summed E-state index contributed by atoms with van der Waals surface area (Å²) in [6.07, 6.45) is 3.64. The molecule has 3 heterocycles. The zero-order valence-corrected chi connectivity index (χ0v) is 17.2. The Hall–Kier alpha value is -4.44. The molecule has 0 unspecified atom stereocenters. The zero-order valence-electron chi connectivity index (χ0n) is 17.2. The maximum absolute atomic E-state index is 13.7. The topological polar surface area (TPSA) is 50.7 Å². The van der Waals surface area contributed by atoms with Crippen LogP contribution < -0.4 is 5.56 Å². The van der Waals surface area contributed by atoms with Crippen LogP contribution in [0.4, 0.5) is 0 Å². The summed E-state index contributed by atoms with van der Waals surface area (Å²) < 4.78 is 1.71. The van der Waals surface area contributed by atoms with E-state index in [1.54, 1.807) is 10.8 Å². The molecule has 0 aliphatic heterocycles. The van der Waals surface area contributed by atoms with Crippen LogP contribution in [0.15, 0.2) is 114 Å². The minimum absolute atomic E-state index is 0.0676. The Bertz CT molecular complexity index is 1630. The van der Waals surface area contributed by atoms with Gasteiger partial charge in [0.1, 0.15) is 0 Å². The molecule has 6 aromatic rings. The van der Waals surface area contributed by atoms with E-state index in [0.717, 1.165) is 44.3 Å². The molecule has 0 bridgehead atoms. The minimum Gasteiger partial charge on any atom is -0.354 e. The Kier molecular flexibility index (Phi) is 4.22. The highest BCUT2D eigenvalue weighted by Gasteiger charge is 2.16. The van der Waals surface area contributed by atoms with Gasteiger partial charge in [-0.2, -0.15) is 0 Å². The number of H-pyrrole nitrogens is 1. The van der Waals surface area contributed by atoms with Crippen molar-refractivity contribution in [1.82, 2.24) is 14.5 Å². The first-order valence-corrected chi connectivity index (χ1v) is 10.5. The van der Waals surface area contributed by atoms with Crippen molar-refractivity contribution in [2.45, 2.75) is 0 Å². The van der Waals surface area contributed by atoms with Crippen LogP contribution in [-0.2, 0) is 0 Å². The fraction of sp³-hybridized carbons (Fsp3) is 0. The number of fused-ring (bicyclic) bond motifs is 3. The molecule has 0 aliphatic rings. The van der Waals surface area contributed by atoms with Gasteiger partial charge in [0.2, 0.25) is 0 Å². The van der Waals surface area contributed by atoms with Crippen LogP contribution in [0.25, 0.3) is 49.9 Å². The maximum Gasteiger partial charge on any atom is 0.263 e. The predicted molar refractivity (Wildman–Crippen MR) is 130 cm³/mol. The van der Waals surface area contributed by atoms with E-state index < -0.39 is 0 Å². The molecule has 0 radical (unpaired) electrons. The van der Waals surface area contributed by atoms with Gasteiger partial charge in [0.05, 0.1) is 16.8 Å². The lowest BCUT2D eigenvalue weighted by molar-refractivity contribution is 0.994. The molecule has 4 nitrogen and oxygen atoms in total. The van der Waals surface area contributed by atoms with Crippen LogP contribution in [0, 0.1) is 0 Å². The average Bonchev–Trinajstić information content (AvgIpc) is 3.24. The standard InChI is InChI=1S/C28H19N3O/c32-28-24(23-13-8-12-22-21-11-4-5-15-26(21)30-27(22)23)17-19(25-14-6-7-16-29-25)18-31(28)20-9-2-1-3-10-20/h1-18,30H. The Labute approximate surface area is 184 Å². The number of hydrogen-bond donors (Lipinski definition) is 1. The number of rotatable bonds is 3. The van der Waals surface area contributed by atoms with Gasteiger partial charge in [0.25, 0.3) is 5.56 Å². The van der Waals surface area contributed by atoms with E-state index in [-0.39, 0.29) is 5.56 Å². The Morgan fingerprint density at radius 1 is 0.719 bits per heavy atom. The van der Waals surface area contributed by atoms with Gasteiger partial charge in [-0.3, -0.25) is 14.3 Å². The van der Waals surface area contributed by atoms with Crippen LogP contribution in [0.3, 0.4) is 0 Å². The number of nitrogens with zero attached hydrogens (tertiary/aromatic N) is 2. The van der Waals surface area contributed by atoms with E-state index in [4.69, 9.17) is 0 Å². The largest absolute Gasteiger partial charge is 0.354 e. The van der Waals surface area contributed by atoms with E-state index in [9.17, 15) is 4.79 Å². The van der Waals surface area contributed by atoms with Gasteiger partial charge in [-0.25, -0.2) is 0 Å². The molecule has 4 heteroatoms. The fourth-order valence-electron chi connectivity index (χ4n) is 4.33. The minimum atomic E-state index is -0.0676. The number of nitrogens with one attached hydrogen (secondary N) is 1. The van der Waals surface area contributed by atoms with Crippen LogP contribution in [0.1, 0.15) is 0 Å². The van der Waals surface area contributed by atoms with Gasteiger partial charge in [0, 0.05) is 45.5 Å². The third kappa shape index (κ3) is 2.93. The monoisotopic (exact) mass is 413 g/mol. The Balaban J connectivity index is 1.69. The van der Waals surface area contributed by atoms with Crippen LogP contribution in [0.2, 0.25) is 0 Å². The number of aromatic nitrogens is 3. The molecule has 0 aliphatic carbocycles. The van der Waals surface area contributed by atoms with Crippen LogP contribution in [0.5, 0.6) is 0 Å². The fourth-order valence-corrected chi connectivity index (χ4v) is 4.33. The third-order valence-corrected chi connectivity index (χ3v) is 5.84. The lowest BCUT2D eigenvalue weighted by Gasteiger charge is -2.13. The average molecular weight is 413 g/mol. The van der Waals surface area contributed by atoms with Crippen LogP contribution >= 0.6 is 0 Å². The third-order valence-electron chi connectivity index (χ3n) is 5.84. The van der Waals surface area contributed by atoms with Gasteiger partial charge in [-0.05, 0) is 36.4 Å². The second-order valence-corrected chi connectivity index (χ2v) is 7.77. The quantitative estimate of drug-likeness (QED) is 0.375. The molecule has 0 amide bonds. The lowest BCUT2D eigenvalue weighted by Crippen LogP contribution is -2.20. The molecule has 32 heavy (non-hydrogen) atoms. The van der Waals surface area contributed by atoms with Crippen LogP contribution in [-0.4, -0.2) is 14.5 Å². The van der Waals surface area contributed by atoms with Crippen molar-refractivity contribution in [2.24, 2.45) is 0 Å². The summed E-state index contributed by atoms with van der Waals surface area (Å²) >= 11 is 0. The van der Waals surface area contributed by atoms with E-state index in [2.05, 4.69) is 28.2 Å². The normalized spacial score (nSPS) is 11.2. The molecule has 6 rings (SSSR count). The maximum atomic E-state index is 13.7. The van der Waals surface area contributed by atoms with Gasteiger partial charge >= 0.3 is 0 Å². The molecule has 3 aromatic heterocycles. The van der Waals surface area contributed by atoms with E-state index >= 15 is 0 Å². The summed E-state index contributed by atoms with van der Waals surface area (Å²) in [6.45, 7) is 0. The summed E-state index contributed by atoms with van der Waals surface area (Å²) in [7, 11) is 0. The van der Waals surface area contributed by atoms with Crippen molar-refractivity contribution >= 4 is 21.8 Å². The van der Waals surface area contributed by atoms with Crippen molar-refractivity contribution in [1.29, 1.82) is 0 Å². The summed E-state index contributed by atoms with van der Waals surface area (Å²) in [6, 6.07) is 31.8. The first-order chi connectivity index (χ1) is 15.8. The highest BCUT2D eigenvalue weighted by molar-refractivity contribution is 6.11. The molecule has 0 atom stereocenters. The summed E-state index contributed by atoms with van der Waals surface area (Å²) in [5.74, 6) is 0. The van der Waals surface area contributed by atoms with Crippen molar-refractivity contribution < 1.29 is 0 Å². The zero-order chi connectivity index (χ0) is 21.5. The highest BCUT2D eigenvalue weighted by Crippen LogP contribution is 2.33. The summed E-state index contributed by atoms with van der Waals surface area (Å²) in [4.78, 5) is 21.8. The van der Waals surface area contributed by atoms with Crippen molar-refractivity contribution in [2.75, 3.05) is 0 Å². The second-order valence-electron chi connectivity index (χ2n) is 7.77. The van der Waals surface area contributed by atoms with E-state index in [0.29, 0.717) is 5.56 Å². The number of hydrogen-bond acceptors (Lipinski definition) is 2. The van der Waals surface area contributed by atoms with Crippen molar-refractivity contribution in [3.05, 3.63) is 120 Å². The molecule has 0 saturated carbocycles. The molecule has 3 aromatic carbocycles. The molecule has 152 valence electrons. The van der Waals surface area contributed by atoms with E-state index in [1.807, 2.05) is 85.1 Å². The molecule has 0 saturated heterocycles. The lowest BCUT2D eigenvalue weighted by atomic mass is 10.0. The Morgan fingerprint density at radius 3 is 2.34 bits per heavy atom. The first-order valence-electron chi connectivity index (χ1n) is 10.5. The molecular formula is C28H19N3O. The molecule has 0 fully saturated rings. The first kappa shape index (κ1) is 18.3. The Morgan fingerprint density at radius 2 is 1.50 bits per heavy atom. The van der Waals surface area contributed by atoms with E-state index in [1.165, 1.54) is 0 Å².